The van der Waals surface area contributed by atoms with Crippen LogP contribution in [-0.4, -0.2) is 42.1 Å². The van der Waals surface area contributed by atoms with Crippen molar-refractivity contribution in [1.29, 1.82) is 5.26 Å². The molecule has 1 aliphatic carbocycles. The molecule has 7 heteroatoms. The second-order valence-corrected chi connectivity index (χ2v) is 9.49. The Hall–Kier alpha value is -2.14. The highest BCUT2D eigenvalue weighted by Gasteiger charge is 2.45. The van der Waals surface area contributed by atoms with Gasteiger partial charge in [0, 0.05) is 35.3 Å². The standard InChI is InChI=1S/C22H25BrN4O2/c1-22(2)11-17-20(18(28)12-22)19(14-4-3-5-15(23)10-14)16(13-24)21(25)27(17)26-6-8-29-9-7-26/h3-5,10,19H,6-9,11-12,25H2,1-2H3/t19-/m0/s1. The zero-order valence-electron chi connectivity index (χ0n) is 16.7. The van der Waals surface area contributed by atoms with Gasteiger partial charge in [-0.3, -0.25) is 9.80 Å². The zero-order chi connectivity index (χ0) is 20.8. The first-order chi connectivity index (χ1) is 13.8. The maximum Gasteiger partial charge on any atom is 0.162 e. The van der Waals surface area contributed by atoms with E-state index < -0.39 is 5.92 Å². The number of nitriles is 1. The first kappa shape index (κ1) is 20.1. The molecule has 2 aliphatic heterocycles. The van der Waals surface area contributed by atoms with Gasteiger partial charge in [-0.1, -0.05) is 41.9 Å². The van der Waals surface area contributed by atoms with Crippen LogP contribution in [0, 0.1) is 16.7 Å². The van der Waals surface area contributed by atoms with E-state index in [2.05, 4.69) is 40.9 Å². The number of ketones is 1. The van der Waals surface area contributed by atoms with E-state index in [9.17, 15) is 10.1 Å². The molecule has 3 aliphatic rings. The van der Waals surface area contributed by atoms with E-state index >= 15 is 0 Å². The number of halogens is 1. The molecular formula is C22H25BrN4O2. The number of nitrogens with zero attached hydrogens (tertiary/aromatic N) is 3. The van der Waals surface area contributed by atoms with Crippen molar-refractivity contribution in [2.24, 2.45) is 11.1 Å². The summed E-state index contributed by atoms with van der Waals surface area (Å²) < 4.78 is 6.41. The molecule has 6 nitrogen and oxygen atoms in total. The number of hydrazine groups is 1. The molecule has 0 radical (unpaired) electrons. The SMILES string of the molecule is CC1(C)CC(=O)C2=C(C1)N(N1CCOCC1)C(N)=C(C#N)[C@@H]2c1cccc(Br)c1. The number of nitrogens with two attached hydrogens (primary N) is 1. The molecule has 0 saturated carbocycles. The normalized spacial score (nSPS) is 25.1. The van der Waals surface area contributed by atoms with Gasteiger partial charge in [0.25, 0.3) is 0 Å². The Morgan fingerprint density at radius 2 is 2.00 bits per heavy atom. The molecule has 1 aromatic rings. The van der Waals surface area contributed by atoms with Crippen molar-refractivity contribution >= 4 is 21.7 Å². The van der Waals surface area contributed by atoms with Crippen LogP contribution in [0.2, 0.25) is 0 Å². The number of hydrogen-bond acceptors (Lipinski definition) is 6. The molecule has 0 bridgehead atoms. The molecule has 4 rings (SSSR count). The Balaban J connectivity index is 1.93. The number of ether oxygens (including phenoxy) is 1. The molecule has 1 aromatic carbocycles. The molecule has 2 heterocycles. The highest BCUT2D eigenvalue weighted by atomic mass is 79.9. The topological polar surface area (TPSA) is 82.6 Å². The number of hydrogen-bond donors (Lipinski definition) is 1. The summed E-state index contributed by atoms with van der Waals surface area (Å²) in [5, 5.41) is 14.1. The molecular weight excluding hydrogens is 432 g/mol. The first-order valence-electron chi connectivity index (χ1n) is 9.86. The van der Waals surface area contributed by atoms with Crippen LogP contribution < -0.4 is 5.73 Å². The fourth-order valence-electron chi connectivity index (χ4n) is 4.59. The van der Waals surface area contributed by atoms with Gasteiger partial charge in [0.1, 0.15) is 5.82 Å². The number of carbonyl (C=O) groups is 1. The van der Waals surface area contributed by atoms with Gasteiger partial charge in [-0.25, -0.2) is 5.01 Å². The summed E-state index contributed by atoms with van der Waals surface area (Å²) in [5.74, 6) is 0.0803. The molecule has 1 fully saturated rings. The highest BCUT2D eigenvalue weighted by molar-refractivity contribution is 9.10. The molecule has 0 amide bonds. The Bertz CT molecular complexity index is 954. The molecule has 0 spiro atoms. The minimum Gasteiger partial charge on any atom is -0.383 e. The smallest absolute Gasteiger partial charge is 0.162 e. The van der Waals surface area contributed by atoms with Crippen LogP contribution in [0.5, 0.6) is 0 Å². The molecule has 2 N–H and O–H groups in total. The van der Waals surface area contributed by atoms with Crippen molar-refractivity contribution in [2.45, 2.75) is 32.6 Å². The summed E-state index contributed by atoms with van der Waals surface area (Å²) in [6, 6.07) is 10.1. The van der Waals surface area contributed by atoms with Crippen molar-refractivity contribution < 1.29 is 9.53 Å². The monoisotopic (exact) mass is 456 g/mol. The van der Waals surface area contributed by atoms with E-state index in [4.69, 9.17) is 10.5 Å². The van der Waals surface area contributed by atoms with Crippen LogP contribution in [0.1, 0.15) is 38.2 Å². The largest absolute Gasteiger partial charge is 0.383 e. The predicted octanol–water partition coefficient (Wildman–Crippen LogP) is 3.43. The van der Waals surface area contributed by atoms with E-state index in [-0.39, 0.29) is 11.2 Å². The quantitative estimate of drug-likeness (QED) is 0.733. The summed E-state index contributed by atoms with van der Waals surface area (Å²) in [5.41, 5.74) is 9.42. The van der Waals surface area contributed by atoms with Gasteiger partial charge in [0.15, 0.2) is 5.78 Å². The fraction of sp³-hybridized carbons (Fsp3) is 0.455. The second kappa shape index (κ2) is 7.60. The van der Waals surface area contributed by atoms with Crippen LogP contribution in [0.3, 0.4) is 0 Å². The molecule has 1 saturated heterocycles. The number of carbonyl (C=O) groups excluding carboxylic acids is 1. The van der Waals surface area contributed by atoms with Crippen molar-refractivity contribution in [3.63, 3.8) is 0 Å². The van der Waals surface area contributed by atoms with Gasteiger partial charge in [0.05, 0.1) is 30.8 Å². The summed E-state index contributed by atoms with van der Waals surface area (Å²) in [7, 11) is 0. The second-order valence-electron chi connectivity index (χ2n) is 8.58. The average Bonchev–Trinajstić information content (AvgIpc) is 2.67. The summed E-state index contributed by atoms with van der Waals surface area (Å²) in [4.78, 5) is 13.4. The molecule has 0 aromatic heterocycles. The van der Waals surface area contributed by atoms with Crippen LogP contribution in [0.4, 0.5) is 0 Å². The minimum atomic E-state index is -0.437. The van der Waals surface area contributed by atoms with Gasteiger partial charge < -0.3 is 10.5 Å². The molecule has 1 atom stereocenters. The van der Waals surface area contributed by atoms with Gasteiger partial charge in [-0.05, 0) is 29.5 Å². The van der Waals surface area contributed by atoms with Crippen LogP contribution >= 0.6 is 15.9 Å². The number of rotatable bonds is 2. The van der Waals surface area contributed by atoms with E-state index in [0.29, 0.717) is 49.7 Å². The Morgan fingerprint density at radius 3 is 2.66 bits per heavy atom. The van der Waals surface area contributed by atoms with Crippen molar-refractivity contribution in [2.75, 3.05) is 26.3 Å². The minimum absolute atomic E-state index is 0.0970. The van der Waals surface area contributed by atoms with Crippen molar-refractivity contribution in [3.05, 3.63) is 57.0 Å². The van der Waals surface area contributed by atoms with Crippen LogP contribution in [0.15, 0.2) is 51.4 Å². The Morgan fingerprint density at radius 1 is 1.28 bits per heavy atom. The molecule has 0 unspecified atom stereocenters. The fourth-order valence-corrected chi connectivity index (χ4v) is 5.01. The van der Waals surface area contributed by atoms with E-state index in [1.54, 1.807) is 0 Å². The Labute approximate surface area is 179 Å². The van der Waals surface area contributed by atoms with E-state index in [0.717, 1.165) is 22.2 Å². The number of morpholine rings is 1. The molecule has 152 valence electrons. The number of allylic oxidation sites excluding steroid dienone is 3. The lowest BCUT2D eigenvalue weighted by atomic mass is 9.69. The molecule has 29 heavy (non-hydrogen) atoms. The number of Topliss-reactive ketones (excluding diaryl/α,β-unsaturated/α-hetero) is 1. The van der Waals surface area contributed by atoms with Crippen molar-refractivity contribution in [3.8, 4) is 6.07 Å². The third-order valence-corrected chi connectivity index (χ3v) is 6.30. The summed E-state index contributed by atoms with van der Waals surface area (Å²) in [6.45, 7) is 6.76. The summed E-state index contributed by atoms with van der Waals surface area (Å²) >= 11 is 3.52. The third-order valence-electron chi connectivity index (χ3n) is 5.81. The lowest BCUT2D eigenvalue weighted by Gasteiger charge is -2.48. The maximum absolute atomic E-state index is 13.4. The predicted molar refractivity (Wildman–Crippen MR) is 113 cm³/mol. The van der Waals surface area contributed by atoms with Crippen molar-refractivity contribution in [1.82, 2.24) is 10.0 Å². The maximum atomic E-state index is 13.4. The van der Waals surface area contributed by atoms with E-state index in [1.165, 1.54) is 0 Å². The lowest BCUT2D eigenvalue weighted by Crippen LogP contribution is -2.53. The third kappa shape index (κ3) is 3.61. The Kier molecular flexibility index (Phi) is 5.28. The first-order valence-corrected chi connectivity index (χ1v) is 10.7. The van der Waals surface area contributed by atoms with Gasteiger partial charge >= 0.3 is 0 Å². The van der Waals surface area contributed by atoms with Gasteiger partial charge in [-0.15, -0.1) is 0 Å². The van der Waals surface area contributed by atoms with Crippen LogP contribution in [-0.2, 0) is 9.53 Å². The van der Waals surface area contributed by atoms with Gasteiger partial charge in [0.2, 0.25) is 0 Å². The van der Waals surface area contributed by atoms with Gasteiger partial charge in [-0.2, -0.15) is 5.26 Å². The number of benzene rings is 1. The zero-order valence-corrected chi connectivity index (χ0v) is 18.3. The average molecular weight is 457 g/mol. The summed E-state index contributed by atoms with van der Waals surface area (Å²) in [6.07, 6.45) is 1.20. The highest BCUT2D eigenvalue weighted by Crippen LogP contribution is 2.49. The lowest BCUT2D eigenvalue weighted by molar-refractivity contribution is -0.119. The van der Waals surface area contributed by atoms with Crippen LogP contribution in [0.25, 0.3) is 0 Å². The van der Waals surface area contributed by atoms with E-state index in [1.807, 2.05) is 29.3 Å².